The lowest BCUT2D eigenvalue weighted by atomic mass is 10.0. The molecule has 1 aliphatic heterocycles. The zero-order chi connectivity index (χ0) is 22.5. The number of fused-ring (bicyclic) bond motifs is 1. The Kier molecular flexibility index (Phi) is 6.44. The smallest absolute Gasteiger partial charge is 0.249 e. The van der Waals surface area contributed by atoms with E-state index in [1.54, 1.807) is 42.7 Å². The summed E-state index contributed by atoms with van der Waals surface area (Å²) in [4.78, 5) is 33.5. The molecule has 0 saturated heterocycles. The monoisotopic (exact) mass is 436 g/mol. The van der Waals surface area contributed by atoms with Crippen LogP contribution >= 0.6 is 0 Å². The van der Waals surface area contributed by atoms with Crippen molar-refractivity contribution in [1.82, 2.24) is 20.4 Å². The Balaban J connectivity index is 1.36. The molecule has 32 heavy (non-hydrogen) atoms. The summed E-state index contributed by atoms with van der Waals surface area (Å²) in [7, 11) is 0. The van der Waals surface area contributed by atoms with Gasteiger partial charge in [-0.15, -0.1) is 0 Å². The molecule has 1 N–H and O–H groups in total. The molecule has 1 aliphatic rings. The molecule has 9 nitrogen and oxygen atoms in total. The van der Waals surface area contributed by atoms with Crippen LogP contribution in [0.2, 0.25) is 0 Å². The van der Waals surface area contributed by atoms with Gasteiger partial charge in [-0.3, -0.25) is 14.6 Å². The highest BCUT2D eigenvalue weighted by molar-refractivity contribution is 5.98. The molecular weight excluding hydrogens is 412 g/mol. The van der Waals surface area contributed by atoms with Crippen LogP contribution < -0.4 is 14.8 Å². The third-order valence-corrected chi connectivity index (χ3v) is 5.07. The lowest BCUT2D eigenvalue weighted by molar-refractivity contribution is -0.122. The van der Waals surface area contributed by atoms with Gasteiger partial charge in [0, 0.05) is 36.4 Å². The molecular formula is C23H24N4O5. The Morgan fingerprint density at radius 3 is 2.53 bits per heavy atom. The van der Waals surface area contributed by atoms with Crippen LogP contribution in [0.15, 0.2) is 47.2 Å². The number of amides is 1. The van der Waals surface area contributed by atoms with Crippen LogP contribution in [-0.4, -0.2) is 40.0 Å². The lowest BCUT2D eigenvalue weighted by Crippen LogP contribution is -2.32. The number of nitrogens with one attached hydrogen (secondary N) is 1. The third kappa shape index (κ3) is 4.93. The molecule has 0 bridgehead atoms. The number of ether oxygens (including phenoxy) is 2. The summed E-state index contributed by atoms with van der Waals surface area (Å²) in [6, 6.07) is 8.15. The Hall–Kier alpha value is -3.75. The summed E-state index contributed by atoms with van der Waals surface area (Å²) in [5, 5.41) is 6.91. The van der Waals surface area contributed by atoms with Gasteiger partial charge < -0.3 is 19.3 Å². The zero-order valence-electron chi connectivity index (χ0n) is 17.9. The minimum absolute atomic E-state index is 0.0122. The molecule has 1 aromatic carbocycles. The minimum Gasteiger partial charge on any atom is -0.486 e. The SMILES string of the molecule is CC(C)C(NC(=O)CCC(=O)c1ccc2c(c1)OCCO2)c1nc(-c2ccncc2)no1. The number of aromatic nitrogens is 3. The molecule has 166 valence electrons. The van der Waals surface area contributed by atoms with Crippen LogP contribution in [-0.2, 0) is 4.79 Å². The molecule has 4 rings (SSSR count). The topological polar surface area (TPSA) is 116 Å². The molecule has 0 saturated carbocycles. The summed E-state index contributed by atoms with van der Waals surface area (Å²) in [6.07, 6.45) is 3.40. The Labute approximate surface area is 185 Å². The summed E-state index contributed by atoms with van der Waals surface area (Å²) in [5.41, 5.74) is 1.26. The van der Waals surface area contributed by atoms with Crippen LogP contribution in [0, 0.1) is 5.92 Å². The van der Waals surface area contributed by atoms with Gasteiger partial charge in [-0.25, -0.2) is 0 Å². The highest BCUT2D eigenvalue weighted by Crippen LogP contribution is 2.31. The first-order chi connectivity index (χ1) is 15.5. The van der Waals surface area contributed by atoms with Gasteiger partial charge in [0.25, 0.3) is 0 Å². The number of Topliss-reactive ketones (excluding diaryl/α,β-unsaturated/α-hetero) is 1. The number of ketones is 1. The third-order valence-electron chi connectivity index (χ3n) is 5.07. The van der Waals surface area contributed by atoms with E-state index in [4.69, 9.17) is 14.0 Å². The van der Waals surface area contributed by atoms with Crippen molar-refractivity contribution in [3.8, 4) is 22.9 Å². The molecule has 0 fully saturated rings. The van der Waals surface area contributed by atoms with E-state index in [-0.39, 0.29) is 30.4 Å². The summed E-state index contributed by atoms with van der Waals surface area (Å²) in [5.74, 6) is 1.52. The Morgan fingerprint density at radius 2 is 1.78 bits per heavy atom. The van der Waals surface area contributed by atoms with E-state index < -0.39 is 6.04 Å². The van der Waals surface area contributed by atoms with Crippen LogP contribution in [0.5, 0.6) is 11.5 Å². The van der Waals surface area contributed by atoms with E-state index in [0.29, 0.717) is 42.0 Å². The van der Waals surface area contributed by atoms with Crippen LogP contribution in [0.3, 0.4) is 0 Å². The second kappa shape index (κ2) is 9.59. The van der Waals surface area contributed by atoms with Crippen LogP contribution in [0.4, 0.5) is 0 Å². The highest BCUT2D eigenvalue weighted by Gasteiger charge is 2.25. The molecule has 0 aliphatic carbocycles. The van der Waals surface area contributed by atoms with E-state index in [9.17, 15) is 9.59 Å². The predicted molar refractivity (Wildman–Crippen MR) is 114 cm³/mol. The second-order valence-electron chi connectivity index (χ2n) is 7.76. The number of hydrogen-bond acceptors (Lipinski definition) is 8. The van der Waals surface area contributed by atoms with E-state index in [0.717, 1.165) is 5.56 Å². The van der Waals surface area contributed by atoms with Gasteiger partial charge in [-0.1, -0.05) is 19.0 Å². The van der Waals surface area contributed by atoms with Crippen molar-refractivity contribution in [2.24, 2.45) is 5.92 Å². The summed E-state index contributed by atoms with van der Waals surface area (Å²) < 4.78 is 16.4. The van der Waals surface area contributed by atoms with Gasteiger partial charge in [0.1, 0.15) is 19.3 Å². The Morgan fingerprint density at radius 1 is 1.03 bits per heavy atom. The van der Waals surface area contributed by atoms with E-state index >= 15 is 0 Å². The van der Waals surface area contributed by atoms with Gasteiger partial charge in [-0.2, -0.15) is 4.98 Å². The van der Waals surface area contributed by atoms with Crippen molar-refractivity contribution < 1.29 is 23.6 Å². The van der Waals surface area contributed by atoms with Crippen LogP contribution in [0.25, 0.3) is 11.4 Å². The number of hydrogen-bond donors (Lipinski definition) is 1. The number of rotatable bonds is 8. The van der Waals surface area contributed by atoms with Crippen molar-refractivity contribution in [1.29, 1.82) is 0 Å². The first-order valence-electron chi connectivity index (χ1n) is 10.5. The fourth-order valence-corrected chi connectivity index (χ4v) is 3.33. The van der Waals surface area contributed by atoms with Gasteiger partial charge >= 0.3 is 0 Å². The van der Waals surface area contributed by atoms with E-state index in [1.165, 1.54) is 0 Å². The molecule has 9 heteroatoms. The molecule has 1 atom stereocenters. The van der Waals surface area contributed by atoms with Crippen molar-refractivity contribution in [3.05, 3.63) is 54.2 Å². The second-order valence-corrected chi connectivity index (χ2v) is 7.76. The maximum absolute atomic E-state index is 12.6. The molecule has 1 amide bonds. The zero-order valence-corrected chi connectivity index (χ0v) is 17.9. The molecule has 3 aromatic rings. The maximum atomic E-state index is 12.6. The number of pyridine rings is 1. The average Bonchev–Trinajstić information content (AvgIpc) is 3.31. The van der Waals surface area contributed by atoms with Crippen molar-refractivity contribution in [2.75, 3.05) is 13.2 Å². The largest absolute Gasteiger partial charge is 0.486 e. The van der Waals surface area contributed by atoms with Crippen molar-refractivity contribution >= 4 is 11.7 Å². The number of carbonyl (C=O) groups is 2. The maximum Gasteiger partial charge on any atom is 0.249 e. The number of nitrogens with zero attached hydrogens (tertiary/aromatic N) is 3. The molecule has 0 radical (unpaired) electrons. The lowest BCUT2D eigenvalue weighted by Gasteiger charge is -2.19. The normalized spacial score (nSPS) is 13.6. The molecule has 1 unspecified atom stereocenters. The molecule has 2 aromatic heterocycles. The summed E-state index contributed by atoms with van der Waals surface area (Å²) in [6.45, 7) is 4.83. The van der Waals surface area contributed by atoms with Gasteiger partial charge in [0.05, 0.1) is 0 Å². The number of carbonyl (C=O) groups excluding carboxylic acids is 2. The Bertz CT molecular complexity index is 1100. The first kappa shape index (κ1) is 21.5. The van der Waals surface area contributed by atoms with Gasteiger partial charge in [0.15, 0.2) is 17.3 Å². The van der Waals surface area contributed by atoms with Gasteiger partial charge in [0.2, 0.25) is 17.6 Å². The fourth-order valence-electron chi connectivity index (χ4n) is 3.33. The number of benzene rings is 1. The van der Waals surface area contributed by atoms with Crippen LogP contribution in [0.1, 0.15) is 49.0 Å². The van der Waals surface area contributed by atoms with Gasteiger partial charge in [-0.05, 0) is 36.2 Å². The standard InChI is InChI=1S/C23H24N4O5/c1-14(2)21(23-26-22(27-32-23)15-7-9-24-10-8-15)25-20(29)6-4-17(28)16-3-5-18-19(13-16)31-12-11-30-18/h3,5,7-10,13-14,21H,4,6,11-12H2,1-2H3,(H,25,29). The van der Waals surface area contributed by atoms with Crippen molar-refractivity contribution in [3.63, 3.8) is 0 Å². The predicted octanol–water partition coefficient (Wildman–Crippen LogP) is 3.38. The van der Waals surface area contributed by atoms with Crippen molar-refractivity contribution in [2.45, 2.75) is 32.7 Å². The quantitative estimate of drug-likeness (QED) is 0.534. The average molecular weight is 436 g/mol. The minimum atomic E-state index is -0.463. The molecule has 0 spiro atoms. The first-order valence-corrected chi connectivity index (χ1v) is 10.5. The summed E-state index contributed by atoms with van der Waals surface area (Å²) >= 11 is 0. The fraction of sp³-hybridized carbons (Fsp3) is 0.348. The van der Waals surface area contributed by atoms with E-state index in [1.807, 2.05) is 13.8 Å². The highest BCUT2D eigenvalue weighted by atomic mass is 16.6. The van der Waals surface area contributed by atoms with E-state index in [2.05, 4.69) is 20.4 Å². The molecule has 3 heterocycles.